The van der Waals surface area contributed by atoms with Gasteiger partial charge in [-0.2, -0.15) is 0 Å². The molecule has 0 spiro atoms. The molecule has 2 N–H and O–H groups in total. The first kappa shape index (κ1) is 15.8. The van der Waals surface area contributed by atoms with Crippen molar-refractivity contribution in [3.8, 4) is 0 Å². The maximum absolute atomic E-state index is 12.6. The molecule has 0 aliphatic carbocycles. The van der Waals surface area contributed by atoms with E-state index < -0.39 is 0 Å². The van der Waals surface area contributed by atoms with Gasteiger partial charge in [-0.3, -0.25) is 4.79 Å². The van der Waals surface area contributed by atoms with Crippen molar-refractivity contribution in [2.75, 3.05) is 0 Å². The van der Waals surface area contributed by atoms with E-state index in [9.17, 15) is 4.79 Å². The Balaban J connectivity index is 1.81. The first-order valence-corrected chi connectivity index (χ1v) is 8.08. The molecule has 1 amide bonds. The second-order valence-electron chi connectivity index (χ2n) is 7.40. The second-order valence-corrected chi connectivity index (χ2v) is 7.40. The lowest BCUT2D eigenvalue weighted by molar-refractivity contribution is 0.0751. The number of hydrogen-bond acceptors (Lipinski definition) is 2. The van der Waals surface area contributed by atoms with Crippen LogP contribution in [0.3, 0.4) is 0 Å². The maximum Gasteiger partial charge on any atom is 0.254 e. The predicted octanol–water partition coefficient (Wildman–Crippen LogP) is 3.89. The summed E-state index contributed by atoms with van der Waals surface area (Å²) in [4.78, 5) is 14.5. The van der Waals surface area contributed by atoms with E-state index in [0.29, 0.717) is 13.1 Å². The van der Waals surface area contributed by atoms with Gasteiger partial charge in [0.15, 0.2) is 0 Å². The fraction of sp³-hybridized carbons (Fsp3) is 0.350. The summed E-state index contributed by atoms with van der Waals surface area (Å²) >= 11 is 0. The molecule has 1 atom stereocenters. The predicted molar refractivity (Wildman–Crippen MR) is 92.8 cm³/mol. The molecule has 3 nitrogen and oxygen atoms in total. The van der Waals surface area contributed by atoms with E-state index in [4.69, 9.17) is 5.73 Å². The van der Waals surface area contributed by atoms with Crippen molar-refractivity contribution in [1.29, 1.82) is 0 Å². The molecule has 120 valence electrons. The summed E-state index contributed by atoms with van der Waals surface area (Å²) < 4.78 is 0. The smallest absolute Gasteiger partial charge is 0.254 e. The van der Waals surface area contributed by atoms with E-state index >= 15 is 0 Å². The average molecular weight is 308 g/mol. The summed E-state index contributed by atoms with van der Waals surface area (Å²) in [5, 5.41) is 0. The summed E-state index contributed by atoms with van der Waals surface area (Å²) in [7, 11) is 0. The number of amides is 1. The third kappa shape index (κ3) is 3.15. The maximum atomic E-state index is 12.6. The Morgan fingerprint density at radius 1 is 1.04 bits per heavy atom. The SMILES string of the molecule is CC(C)(C)C(N)c1ccc2c(c1)CN(C(=O)c1ccccc1)C2. The molecule has 0 aromatic heterocycles. The van der Waals surface area contributed by atoms with Crippen LogP contribution in [0.25, 0.3) is 0 Å². The van der Waals surface area contributed by atoms with Gasteiger partial charge >= 0.3 is 0 Å². The summed E-state index contributed by atoms with van der Waals surface area (Å²) in [6.45, 7) is 7.78. The van der Waals surface area contributed by atoms with Crippen LogP contribution in [0.4, 0.5) is 0 Å². The molecule has 0 saturated carbocycles. The first-order valence-electron chi connectivity index (χ1n) is 8.08. The fourth-order valence-corrected chi connectivity index (χ4v) is 3.01. The lowest BCUT2D eigenvalue weighted by atomic mass is 9.82. The zero-order valence-electron chi connectivity index (χ0n) is 14.0. The molecule has 2 aromatic rings. The van der Waals surface area contributed by atoms with Crippen LogP contribution < -0.4 is 5.73 Å². The Bertz CT molecular complexity index is 716. The summed E-state index contributed by atoms with van der Waals surface area (Å²) in [5.41, 5.74) is 10.7. The highest BCUT2D eigenvalue weighted by Crippen LogP contribution is 2.33. The van der Waals surface area contributed by atoms with Gasteiger partial charge in [0.25, 0.3) is 5.91 Å². The minimum absolute atomic E-state index is 0.00771. The van der Waals surface area contributed by atoms with Crippen LogP contribution >= 0.6 is 0 Å². The van der Waals surface area contributed by atoms with Gasteiger partial charge < -0.3 is 10.6 Å². The van der Waals surface area contributed by atoms with Gasteiger partial charge in [-0.25, -0.2) is 0 Å². The van der Waals surface area contributed by atoms with Gasteiger partial charge in [-0.1, -0.05) is 57.2 Å². The van der Waals surface area contributed by atoms with Crippen molar-refractivity contribution in [2.45, 2.75) is 39.9 Å². The van der Waals surface area contributed by atoms with Crippen molar-refractivity contribution in [1.82, 2.24) is 4.90 Å². The molecule has 0 fully saturated rings. The summed E-state index contributed by atoms with van der Waals surface area (Å²) in [5.74, 6) is 0.0865. The third-order valence-corrected chi connectivity index (χ3v) is 4.55. The van der Waals surface area contributed by atoms with E-state index in [1.165, 1.54) is 11.1 Å². The Labute approximate surface area is 138 Å². The van der Waals surface area contributed by atoms with Crippen molar-refractivity contribution in [3.05, 3.63) is 70.8 Å². The molecule has 1 aliphatic rings. The van der Waals surface area contributed by atoms with E-state index in [2.05, 4.69) is 39.0 Å². The highest BCUT2D eigenvalue weighted by molar-refractivity contribution is 5.94. The summed E-state index contributed by atoms with van der Waals surface area (Å²) in [6, 6.07) is 15.8. The van der Waals surface area contributed by atoms with Crippen LogP contribution in [-0.4, -0.2) is 10.8 Å². The number of hydrogen-bond donors (Lipinski definition) is 1. The monoisotopic (exact) mass is 308 g/mol. The minimum Gasteiger partial charge on any atom is -0.330 e. The molecule has 1 aliphatic heterocycles. The first-order chi connectivity index (χ1) is 10.9. The van der Waals surface area contributed by atoms with Gasteiger partial charge in [0.05, 0.1) is 0 Å². The van der Waals surface area contributed by atoms with Gasteiger partial charge in [-0.05, 0) is 34.2 Å². The number of nitrogens with two attached hydrogens (primary N) is 1. The summed E-state index contributed by atoms with van der Waals surface area (Å²) in [6.07, 6.45) is 0. The topological polar surface area (TPSA) is 46.3 Å². The van der Waals surface area contributed by atoms with Crippen LogP contribution in [0, 0.1) is 5.41 Å². The van der Waals surface area contributed by atoms with Crippen LogP contribution in [0.1, 0.15) is 53.9 Å². The Kier molecular flexibility index (Phi) is 3.99. The second kappa shape index (κ2) is 5.82. The molecule has 0 radical (unpaired) electrons. The van der Waals surface area contributed by atoms with Crippen molar-refractivity contribution < 1.29 is 4.79 Å². The molecule has 3 heteroatoms. The lowest BCUT2D eigenvalue weighted by Gasteiger charge is -2.27. The van der Waals surface area contributed by atoms with E-state index in [1.807, 2.05) is 35.2 Å². The third-order valence-electron chi connectivity index (χ3n) is 4.55. The number of carbonyl (C=O) groups excluding carboxylic acids is 1. The Morgan fingerprint density at radius 2 is 1.70 bits per heavy atom. The average Bonchev–Trinajstić information content (AvgIpc) is 2.96. The van der Waals surface area contributed by atoms with Crippen molar-refractivity contribution in [2.24, 2.45) is 11.1 Å². The van der Waals surface area contributed by atoms with Crippen LogP contribution in [0.2, 0.25) is 0 Å². The number of fused-ring (bicyclic) bond motifs is 1. The number of benzene rings is 2. The molecule has 3 rings (SSSR count). The van der Waals surface area contributed by atoms with E-state index in [0.717, 1.165) is 11.1 Å². The largest absolute Gasteiger partial charge is 0.330 e. The molecule has 0 bridgehead atoms. The fourth-order valence-electron chi connectivity index (χ4n) is 3.01. The Hall–Kier alpha value is -2.13. The molecule has 1 heterocycles. The van der Waals surface area contributed by atoms with E-state index in [-0.39, 0.29) is 17.4 Å². The zero-order valence-corrected chi connectivity index (χ0v) is 14.0. The lowest BCUT2D eigenvalue weighted by Crippen LogP contribution is -2.26. The number of carbonyl (C=O) groups is 1. The number of nitrogens with zero attached hydrogens (tertiary/aromatic N) is 1. The molecule has 0 saturated heterocycles. The van der Waals surface area contributed by atoms with Crippen molar-refractivity contribution >= 4 is 5.91 Å². The quantitative estimate of drug-likeness (QED) is 0.915. The van der Waals surface area contributed by atoms with Crippen molar-refractivity contribution in [3.63, 3.8) is 0 Å². The highest BCUT2D eigenvalue weighted by Gasteiger charge is 2.27. The van der Waals surface area contributed by atoms with E-state index in [1.54, 1.807) is 0 Å². The standard InChI is InChI=1S/C20H24N2O/c1-20(2,3)18(21)15-9-10-16-12-22(13-17(16)11-15)19(23)14-7-5-4-6-8-14/h4-11,18H,12-13,21H2,1-3H3. The Morgan fingerprint density at radius 3 is 2.35 bits per heavy atom. The van der Waals surface area contributed by atoms with Crippen LogP contribution in [-0.2, 0) is 13.1 Å². The van der Waals surface area contributed by atoms with Gasteiger partial charge in [-0.15, -0.1) is 0 Å². The van der Waals surface area contributed by atoms with Gasteiger partial charge in [0.2, 0.25) is 0 Å². The normalized spacial score (nSPS) is 15.4. The molecular formula is C20H24N2O. The molecule has 1 unspecified atom stereocenters. The zero-order chi connectivity index (χ0) is 16.6. The van der Waals surface area contributed by atoms with Gasteiger partial charge in [0.1, 0.15) is 0 Å². The number of rotatable bonds is 2. The molecular weight excluding hydrogens is 284 g/mol. The van der Waals surface area contributed by atoms with Crippen LogP contribution in [0.5, 0.6) is 0 Å². The molecule has 23 heavy (non-hydrogen) atoms. The highest BCUT2D eigenvalue weighted by atomic mass is 16.2. The van der Waals surface area contributed by atoms with Gasteiger partial charge in [0, 0.05) is 24.7 Å². The molecule has 2 aromatic carbocycles. The van der Waals surface area contributed by atoms with Crippen LogP contribution in [0.15, 0.2) is 48.5 Å². The minimum atomic E-state index is -0.00771.